The van der Waals surface area contributed by atoms with Gasteiger partial charge in [-0.2, -0.15) is 0 Å². The number of allylic oxidation sites excluding steroid dienone is 1. The van der Waals surface area contributed by atoms with E-state index in [0.717, 1.165) is 37.0 Å². The lowest BCUT2D eigenvalue weighted by molar-refractivity contribution is -0.118. The summed E-state index contributed by atoms with van der Waals surface area (Å²) in [4.78, 5) is 22.4. The maximum atomic E-state index is 10.7. The molecule has 0 rings (SSSR count). The molecule has 0 fully saturated rings. The van der Waals surface area contributed by atoms with E-state index in [1.54, 1.807) is 0 Å². The van der Waals surface area contributed by atoms with E-state index in [4.69, 9.17) is 10.8 Å². The first-order chi connectivity index (χ1) is 7.57. The molecule has 0 saturated carbocycles. The maximum absolute atomic E-state index is 10.7. The molecule has 0 spiro atoms. The summed E-state index contributed by atoms with van der Waals surface area (Å²) in [6.07, 6.45) is 5.61. The lowest BCUT2D eigenvalue weighted by Gasteiger charge is -2.16. The van der Waals surface area contributed by atoms with Crippen molar-refractivity contribution in [1.82, 2.24) is 4.90 Å². The molecule has 0 atom stereocenters. The first kappa shape index (κ1) is 14.5. The molecule has 0 aliphatic carbocycles. The highest BCUT2D eigenvalue weighted by Gasteiger charge is 2.13. The van der Waals surface area contributed by atoms with Gasteiger partial charge in [-0.25, -0.2) is 4.79 Å². The minimum Gasteiger partial charge on any atom is -0.465 e. The Morgan fingerprint density at radius 1 is 1.25 bits per heavy atom. The zero-order chi connectivity index (χ0) is 12.4. The van der Waals surface area contributed by atoms with Crippen LogP contribution in [0.5, 0.6) is 0 Å². The summed E-state index contributed by atoms with van der Waals surface area (Å²) < 4.78 is 0. The molecule has 92 valence electrons. The van der Waals surface area contributed by atoms with Gasteiger partial charge in [0.1, 0.15) is 6.54 Å². The minimum absolute atomic E-state index is 0.220. The lowest BCUT2D eigenvalue weighted by Crippen LogP contribution is -2.38. The van der Waals surface area contributed by atoms with Crippen LogP contribution in [0.4, 0.5) is 4.79 Å². The Labute approximate surface area is 95.9 Å². The highest BCUT2D eigenvalue weighted by Crippen LogP contribution is 2.04. The fourth-order valence-corrected chi connectivity index (χ4v) is 1.38. The van der Waals surface area contributed by atoms with Gasteiger partial charge in [0.05, 0.1) is 0 Å². The van der Waals surface area contributed by atoms with Crippen molar-refractivity contribution in [2.75, 3.05) is 13.1 Å². The Balaban J connectivity index is 3.64. The highest BCUT2D eigenvalue weighted by atomic mass is 16.4. The molecule has 0 heterocycles. The lowest BCUT2D eigenvalue weighted by atomic mass is 10.1. The summed E-state index contributed by atoms with van der Waals surface area (Å²) in [7, 11) is 0. The van der Waals surface area contributed by atoms with Crippen LogP contribution in [0, 0.1) is 0 Å². The number of nitrogens with zero attached hydrogens (tertiary/aromatic N) is 1. The number of primary amides is 1. The summed E-state index contributed by atoms with van der Waals surface area (Å²) in [5.41, 5.74) is 4.95. The van der Waals surface area contributed by atoms with Crippen LogP contribution in [0.2, 0.25) is 0 Å². The first-order valence-electron chi connectivity index (χ1n) is 5.45. The predicted molar refractivity (Wildman–Crippen MR) is 62.1 cm³/mol. The van der Waals surface area contributed by atoms with Crippen LogP contribution >= 0.6 is 0 Å². The zero-order valence-corrected chi connectivity index (χ0v) is 9.52. The number of rotatable bonds is 9. The second kappa shape index (κ2) is 8.76. The third kappa shape index (κ3) is 7.84. The third-order valence-corrected chi connectivity index (χ3v) is 2.20. The maximum Gasteiger partial charge on any atom is 0.407 e. The van der Waals surface area contributed by atoms with Crippen LogP contribution in [0.1, 0.15) is 32.1 Å². The number of hydrogen-bond acceptors (Lipinski definition) is 2. The number of carbonyl (C=O) groups excluding carboxylic acids is 1. The standard InChI is InChI=1S/C11H20N2O3/c1-2-3-4-5-6-7-8-13(11(15)16)9-10(12)14/h2H,1,3-9H2,(H2,12,14)(H,15,16). The summed E-state index contributed by atoms with van der Waals surface area (Å²) in [6.45, 7) is 3.77. The monoisotopic (exact) mass is 228 g/mol. The van der Waals surface area contributed by atoms with Gasteiger partial charge in [-0.05, 0) is 19.3 Å². The van der Waals surface area contributed by atoms with E-state index >= 15 is 0 Å². The smallest absolute Gasteiger partial charge is 0.407 e. The van der Waals surface area contributed by atoms with Crippen LogP contribution in [-0.2, 0) is 4.79 Å². The van der Waals surface area contributed by atoms with E-state index in [-0.39, 0.29) is 6.54 Å². The zero-order valence-electron chi connectivity index (χ0n) is 9.52. The number of amides is 2. The molecule has 0 radical (unpaired) electrons. The Morgan fingerprint density at radius 2 is 1.88 bits per heavy atom. The van der Waals surface area contributed by atoms with Crippen LogP contribution in [0.15, 0.2) is 12.7 Å². The number of nitrogens with two attached hydrogens (primary N) is 1. The number of carbonyl (C=O) groups is 2. The van der Waals surface area contributed by atoms with Gasteiger partial charge in [0.15, 0.2) is 0 Å². The topological polar surface area (TPSA) is 83.6 Å². The van der Waals surface area contributed by atoms with Crippen molar-refractivity contribution in [2.24, 2.45) is 5.73 Å². The highest BCUT2D eigenvalue weighted by molar-refractivity contribution is 5.80. The van der Waals surface area contributed by atoms with Crippen molar-refractivity contribution in [1.29, 1.82) is 0 Å². The summed E-state index contributed by atoms with van der Waals surface area (Å²) >= 11 is 0. The van der Waals surface area contributed by atoms with Gasteiger partial charge in [0.2, 0.25) is 5.91 Å². The Hall–Kier alpha value is -1.52. The van der Waals surface area contributed by atoms with E-state index in [9.17, 15) is 9.59 Å². The largest absolute Gasteiger partial charge is 0.465 e. The fourth-order valence-electron chi connectivity index (χ4n) is 1.38. The van der Waals surface area contributed by atoms with E-state index < -0.39 is 12.0 Å². The van der Waals surface area contributed by atoms with Crippen molar-refractivity contribution in [3.8, 4) is 0 Å². The molecule has 0 aromatic heterocycles. The predicted octanol–water partition coefficient (Wildman–Crippen LogP) is 1.59. The van der Waals surface area contributed by atoms with Crippen molar-refractivity contribution < 1.29 is 14.7 Å². The normalized spacial score (nSPS) is 9.75. The van der Waals surface area contributed by atoms with Crippen LogP contribution in [0.3, 0.4) is 0 Å². The average Bonchev–Trinajstić information content (AvgIpc) is 2.20. The Bertz CT molecular complexity index is 241. The van der Waals surface area contributed by atoms with E-state index in [1.165, 1.54) is 0 Å². The second-order valence-electron chi connectivity index (χ2n) is 3.66. The molecule has 5 nitrogen and oxygen atoms in total. The van der Waals surface area contributed by atoms with Crippen molar-refractivity contribution >= 4 is 12.0 Å². The van der Waals surface area contributed by atoms with E-state index in [0.29, 0.717) is 6.54 Å². The Morgan fingerprint density at radius 3 is 2.38 bits per heavy atom. The molecule has 16 heavy (non-hydrogen) atoms. The van der Waals surface area contributed by atoms with E-state index in [1.807, 2.05) is 6.08 Å². The summed E-state index contributed by atoms with van der Waals surface area (Å²) in [6, 6.07) is 0. The molecule has 2 amide bonds. The molecule has 3 N–H and O–H groups in total. The van der Waals surface area contributed by atoms with Crippen LogP contribution in [0.25, 0.3) is 0 Å². The summed E-state index contributed by atoms with van der Waals surface area (Å²) in [5, 5.41) is 8.77. The molecule has 0 bridgehead atoms. The molecular weight excluding hydrogens is 208 g/mol. The molecule has 0 aromatic rings. The number of unbranched alkanes of at least 4 members (excludes halogenated alkanes) is 4. The van der Waals surface area contributed by atoms with Gasteiger partial charge in [0.25, 0.3) is 0 Å². The molecule has 0 saturated heterocycles. The second-order valence-corrected chi connectivity index (χ2v) is 3.66. The van der Waals surface area contributed by atoms with Crippen molar-refractivity contribution in [3.63, 3.8) is 0 Å². The molecule has 0 aliphatic heterocycles. The van der Waals surface area contributed by atoms with Gasteiger partial charge in [-0.1, -0.05) is 18.9 Å². The molecule has 0 unspecified atom stereocenters. The van der Waals surface area contributed by atoms with Crippen LogP contribution < -0.4 is 5.73 Å². The first-order valence-corrected chi connectivity index (χ1v) is 5.45. The fraction of sp³-hybridized carbons (Fsp3) is 0.636. The van der Waals surface area contributed by atoms with E-state index in [2.05, 4.69) is 6.58 Å². The third-order valence-electron chi connectivity index (χ3n) is 2.20. The Kier molecular flexibility index (Phi) is 7.93. The molecule has 0 aromatic carbocycles. The van der Waals surface area contributed by atoms with Crippen molar-refractivity contribution in [3.05, 3.63) is 12.7 Å². The van der Waals surface area contributed by atoms with Gasteiger partial charge < -0.3 is 10.8 Å². The molecule has 0 aliphatic rings. The number of carboxylic acid groups (broad SMARTS) is 1. The number of hydrogen-bond donors (Lipinski definition) is 2. The van der Waals surface area contributed by atoms with Gasteiger partial charge in [-0.3, -0.25) is 9.69 Å². The van der Waals surface area contributed by atoms with Gasteiger partial charge in [0, 0.05) is 6.54 Å². The minimum atomic E-state index is -1.09. The van der Waals surface area contributed by atoms with Gasteiger partial charge >= 0.3 is 6.09 Å². The molecular formula is C11H20N2O3. The SMILES string of the molecule is C=CCCCCCCN(CC(N)=O)C(=O)O. The van der Waals surface area contributed by atoms with Crippen LogP contribution in [-0.4, -0.2) is 35.1 Å². The van der Waals surface area contributed by atoms with Crippen molar-refractivity contribution in [2.45, 2.75) is 32.1 Å². The quantitative estimate of drug-likeness (QED) is 0.464. The molecule has 5 heteroatoms. The summed E-state index contributed by atoms with van der Waals surface area (Å²) in [5.74, 6) is -0.617. The average molecular weight is 228 g/mol. The van der Waals surface area contributed by atoms with Gasteiger partial charge in [-0.15, -0.1) is 6.58 Å².